The van der Waals surface area contributed by atoms with Gasteiger partial charge in [0.25, 0.3) is 0 Å². The van der Waals surface area contributed by atoms with Crippen molar-refractivity contribution in [2.45, 2.75) is 37.4 Å². The number of aromatic nitrogens is 3. The fourth-order valence-corrected chi connectivity index (χ4v) is 4.96. The summed E-state index contributed by atoms with van der Waals surface area (Å²) in [5.74, 6) is 1.46. The van der Waals surface area contributed by atoms with Crippen LogP contribution in [0.1, 0.15) is 38.1 Å². The van der Waals surface area contributed by atoms with Gasteiger partial charge in [-0.05, 0) is 63.2 Å². The molecule has 2 aromatic carbocycles. The van der Waals surface area contributed by atoms with E-state index in [1.54, 1.807) is 25.3 Å². The predicted molar refractivity (Wildman–Crippen MR) is 133 cm³/mol. The number of piperidine rings is 1. The molecule has 1 unspecified atom stereocenters. The maximum absolute atomic E-state index is 12.7. The molecule has 1 aliphatic rings. The number of hydrogen-bond donors (Lipinski definition) is 1. The van der Waals surface area contributed by atoms with Crippen molar-refractivity contribution >= 4 is 35.0 Å². The van der Waals surface area contributed by atoms with Crippen molar-refractivity contribution < 1.29 is 9.53 Å². The Bertz CT molecular complexity index is 1090. The number of likely N-dealkylation sites (tertiary alicyclic amines) is 1. The molecular formula is C24H28ClN5O2S. The number of ether oxygens (including phenoxy) is 1. The van der Waals surface area contributed by atoms with Gasteiger partial charge in [-0.25, -0.2) is 0 Å². The summed E-state index contributed by atoms with van der Waals surface area (Å²) in [4.78, 5) is 15.2. The fraction of sp³-hybridized carbons (Fsp3) is 0.375. The number of nitrogens with zero attached hydrogens (tertiary/aromatic N) is 4. The van der Waals surface area contributed by atoms with Crippen LogP contribution in [0.25, 0.3) is 5.69 Å². The Labute approximate surface area is 203 Å². The first-order valence-electron chi connectivity index (χ1n) is 11.1. The minimum absolute atomic E-state index is 0.136. The quantitative estimate of drug-likeness (QED) is 0.442. The van der Waals surface area contributed by atoms with Crippen LogP contribution < -0.4 is 10.1 Å². The van der Waals surface area contributed by atoms with Gasteiger partial charge in [0.15, 0.2) is 11.0 Å². The Balaban J connectivity index is 1.53. The molecule has 33 heavy (non-hydrogen) atoms. The van der Waals surface area contributed by atoms with E-state index in [1.807, 2.05) is 30.3 Å². The minimum Gasteiger partial charge on any atom is -0.495 e. The van der Waals surface area contributed by atoms with Crippen LogP contribution in [0.2, 0.25) is 5.02 Å². The third kappa shape index (κ3) is 5.69. The molecule has 0 saturated carbocycles. The predicted octanol–water partition coefficient (Wildman–Crippen LogP) is 5.21. The van der Waals surface area contributed by atoms with Crippen LogP contribution in [-0.4, -0.2) is 51.5 Å². The lowest BCUT2D eigenvalue weighted by atomic mass is 10.1. The van der Waals surface area contributed by atoms with E-state index >= 15 is 0 Å². The minimum atomic E-state index is -0.172. The maximum atomic E-state index is 12.7. The van der Waals surface area contributed by atoms with Gasteiger partial charge in [0.05, 0.1) is 24.6 Å². The number of thioether (sulfide) groups is 1. The largest absolute Gasteiger partial charge is 0.495 e. The molecule has 1 N–H and O–H groups in total. The van der Waals surface area contributed by atoms with Gasteiger partial charge in [0.2, 0.25) is 5.91 Å². The second kappa shape index (κ2) is 11.0. The Morgan fingerprint density at radius 1 is 1.15 bits per heavy atom. The molecule has 9 heteroatoms. The molecule has 1 aromatic heterocycles. The monoisotopic (exact) mass is 485 g/mol. The normalized spacial score (nSPS) is 15.2. The van der Waals surface area contributed by atoms with Crippen molar-refractivity contribution in [3.63, 3.8) is 0 Å². The van der Waals surface area contributed by atoms with Crippen molar-refractivity contribution in [3.05, 3.63) is 59.4 Å². The molecule has 2 heterocycles. The number of amides is 1. The van der Waals surface area contributed by atoms with Gasteiger partial charge in [0.1, 0.15) is 5.75 Å². The van der Waals surface area contributed by atoms with E-state index in [0.29, 0.717) is 21.6 Å². The molecule has 0 aliphatic carbocycles. The summed E-state index contributed by atoms with van der Waals surface area (Å²) in [6, 6.07) is 15.3. The Morgan fingerprint density at radius 3 is 2.64 bits per heavy atom. The lowest BCUT2D eigenvalue weighted by molar-refractivity contribution is -0.113. The average molecular weight is 486 g/mol. The van der Waals surface area contributed by atoms with Crippen molar-refractivity contribution in [2.24, 2.45) is 0 Å². The highest BCUT2D eigenvalue weighted by atomic mass is 35.5. The summed E-state index contributed by atoms with van der Waals surface area (Å²) < 4.78 is 7.38. The number of hydrogen-bond acceptors (Lipinski definition) is 6. The van der Waals surface area contributed by atoms with Gasteiger partial charge >= 0.3 is 0 Å². The second-order valence-corrected chi connectivity index (χ2v) is 9.34. The topological polar surface area (TPSA) is 72.3 Å². The van der Waals surface area contributed by atoms with E-state index in [4.69, 9.17) is 16.3 Å². The molecule has 1 amide bonds. The molecule has 1 atom stereocenters. The zero-order valence-corrected chi connectivity index (χ0v) is 20.4. The van der Waals surface area contributed by atoms with Crippen LogP contribution in [0.15, 0.2) is 53.7 Å². The molecule has 1 saturated heterocycles. The first-order chi connectivity index (χ1) is 16.1. The standard InChI is InChI=1S/C24H28ClN5O2S/c1-17(29-13-7-4-8-14-29)23-27-28-24(30(23)19-9-5-3-6-10-19)33-16-22(31)26-20-15-18(25)11-12-21(20)32-2/h3,5-6,9-12,15,17H,4,7-8,13-14,16H2,1-2H3,(H,26,31). The van der Waals surface area contributed by atoms with Gasteiger partial charge in [-0.15, -0.1) is 10.2 Å². The summed E-state index contributed by atoms with van der Waals surface area (Å²) in [6.07, 6.45) is 3.69. The molecular weight excluding hydrogens is 458 g/mol. The van der Waals surface area contributed by atoms with Gasteiger partial charge in [-0.3, -0.25) is 14.3 Å². The van der Waals surface area contributed by atoms with Crippen LogP contribution >= 0.6 is 23.4 Å². The molecule has 0 radical (unpaired) electrons. The van der Waals surface area contributed by atoms with E-state index in [-0.39, 0.29) is 17.7 Å². The number of carbonyl (C=O) groups excluding carboxylic acids is 1. The van der Waals surface area contributed by atoms with Crippen LogP contribution in [0, 0.1) is 0 Å². The van der Waals surface area contributed by atoms with Crippen LogP contribution in [0.4, 0.5) is 5.69 Å². The second-order valence-electron chi connectivity index (χ2n) is 7.97. The van der Waals surface area contributed by atoms with E-state index in [0.717, 1.165) is 24.6 Å². The van der Waals surface area contributed by atoms with E-state index < -0.39 is 0 Å². The number of halogens is 1. The van der Waals surface area contributed by atoms with Crippen LogP contribution in [0.3, 0.4) is 0 Å². The summed E-state index contributed by atoms with van der Waals surface area (Å²) in [7, 11) is 1.56. The molecule has 4 rings (SSSR count). The molecule has 0 bridgehead atoms. The number of anilines is 1. The third-order valence-corrected chi connectivity index (χ3v) is 6.92. The smallest absolute Gasteiger partial charge is 0.234 e. The highest BCUT2D eigenvalue weighted by Gasteiger charge is 2.25. The van der Waals surface area contributed by atoms with Crippen molar-refractivity contribution in [3.8, 4) is 11.4 Å². The maximum Gasteiger partial charge on any atom is 0.234 e. The van der Waals surface area contributed by atoms with Crippen LogP contribution in [-0.2, 0) is 4.79 Å². The van der Waals surface area contributed by atoms with Gasteiger partial charge in [0, 0.05) is 10.7 Å². The highest BCUT2D eigenvalue weighted by Crippen LogP contribution is 2.30. The van der Waals surface area contributed by atoms with Gasteiger partial charge in [-0.2, -0.15) is 0 Å². The van der Waals surface area contributed by atoms with Gasteiger partial charge in [-0.1, -0.05) is 48.0 Å². The first kappa shape index (κ1) is 23.6. The molecule has 174 valence electrons. The van der Waals surface area contributed by atoms with Crippen molar-refractivity contribution in [1.82, 2.24) is 19.7 Å². The Kier molecular flexibility index (Phi) is 7.90. The molecule has 1 fully saturated rings. The van der Waals surface area contributed by atoms with E-state index in [2.05, 4.69) is 31.9 Å². The Hall–Kier alpha value is -2.55. The Morgan fingerprint density at radius 2 is 1.91 bits per heavy atom. The van der Waals surface area contributed by atoms with Crippen molar-refractivity contribution in [2.75, 3.05) is 31.3 Å². The van der Waals surface area contributed by atoms with Gasteiger partial charge < -0.3 is 10.1 Å². The molecule has 3 aromatic rings. The van der Waals surface area contributed by atoms with Crippen molar-refractivity contribution in [1.29, 1.82) is 0 Å². The summed E-state index contributed by atoms with van der Waals surface area (Å²) in [5.41, 5.74) is 1.53. The lowest BCUT2D eigenvalue weighted by Gasteiger charge is -2.31. The van der Waals surface area contributed by atoms with E-state index in [9.17, 15) is 4.79 Å². The summed E-state index contributed by atoms with van der Waals surface area (Å²) in [6.45, 7) is 4.31. The first-order valence-corrected chi connectivity index (χ1v) is 12.4. The number of carbonyl (C=O) groups is 1. The average Bonchev–Trinajstić information content (AvgIpc) is 3.27. The molecule has 0 spiro atoms. The number of rotatable bonds is 8. The number of nitrogens with one attached hydrogen (secondary N) is 1. The summed E-state index contributed by atoms with van der Waals surface area (Å²) in [5, 5.41) is 13.1. The molecule has 7 nitrogen and oxygen atoms in total. The zero-order chi connectivity index (χ0) is 23.2. The van der Waals surface area contributed by atoms with Crippen LogP contribution in [0.5, 0.6) is 5.75 Å². The lowest BCUT2D eigenvalue weighted by Crippen LogP contribution is -2.33. The van der Waals surface area contributed by atoms with E-state index in [1.165, 1.54) is 31.0 Å². The molecule has 1 aliphatic heterocycles. The number of methoxy groups -OCH3 is 1. The SMILES string of the molecule is COc1ccc(Cl)cc1NC(=O)CSc1nnc(C(C)N2CCCCC2)n1-c1ccccc1. The summed E-state index contributed by atoms with van der Waals surface area (Å²) >= 11 is 7.43. The number of benzene rings is 2. The fourth-order valence-electron chi connectivity index (χ4n) is 4.03. The number of para-hydroxylation sites is 1. The highest BCUT2D eigenvalue weighted by molar-refractivity contribution is 7.99. The third-order valence-electron chi connectivity index (χ3n) is 5.75. The zero-order valence-electron chi connectivity index (χ0n) is 18.8.